The molecule has 0 aliphatic carbocycles. The molecule has 0 aromatic heterocycles. The minimum absolute atomic E-state index is 0.164. The Morgan fingerprint density at radius 1 is 0.739 bits per heavy atom. The van der Waals surface area contributed by atoms with E-state index in [-0.39, 0.29) is 12.0 Å². The molecule has 2 rings (SSSR count). The molecule has 2 fully saturated rings. The van der Waals surface area contributed by atoms with Gasteiger partial charge in [-0.25, -0.2) is 0 Å². The Hall–Kier alpha value is -1.23. The van der Waals surface area contributed by atoms with Crippen LogP contribution in [0, 0.1) is 0 Å². The molecular weight excluding hydrogens is 602 g/mol. The van der Waals surface area contributed by atoms with E-state index < -0.39 is 74.6 Å². The Balaban J connectivity index is 1.64. The van der Waals surface area contributed by atoms with E-state index in [9.17, 15) is 40.5 Å². The number of allylic oxidation sites excluding steroid dienone is 2. The highest BCUT2D eigenvalue weighted by molar-refractivity contribution is 5.75. The normalized spacial score (nSPS) is 32.5. The summed E-state index contributed by atoms with van der Waals surface area (Å²) in [7, 11) is 0. The lowest BCUT2D eigenvalue weighted by Gasteiger charge is -2.46. The van der Waals surface area contributed by atoms with Gasteiger partial charge in [-0.15, -0.1) is 0 Å². The molecule has 8 N–H and O–H groups in total. The average Bonchev–Trinajstić information content (AvgIpc) is 3.05. The van der Waals surface area contributed by atoms with Crippen molar-refractivity contribution in [2.24, 2.45) is 0 Å². The van der Waals surface area contributed by atoms with Crippen LogP contribution < -0.4 is 5.32 Å². The van der Waals surface area contributed by atoms with Crippen molar-refractivity contribution in [3.05, 3.63) is 12.2 Å². The van der Waals surface area contributed by atoms with E-state index in [2.05, 4.69) is 24.4 Å². The van der Waals surface area contributed by atoms with Crippen LogP contribution in [0.25, 0.3) is 0 Å². The highest BCUT2D eigenvalue weighted by atomic mass is 16.8. The van der Waals surface area contributed by atoms with E-state index in [1.165, 1.54) is 19.3 Å². The van der Waals surface area contributed by atoms with Gasteiger partial charge in [-0.3, -0.25) is 4.79 Å². The molecule has 13 nitrogen and oxygen atoms in total. The van der Waals surface area contributed by atoms with Crippen molar-refractivity contribution in [3.63, 3.8) is 0 Å². The SMILES string of the molecule is CCCNC(=O)CCCCCCC/C=C\CCCCCCC(C)OC1OC(CO)C(O)C(O)C1OC1OC(CO)C(O)C(O)C1O. The predicted molar refractivity (Wildman–Crippen MR) is 169 cm³/mol. The Morgan fingerprint density at radius 3 is 1.89 bits per heavy atom. The molecule has 2 aliphatic heterocycles. The summed E-state index contributed by atoms with van der Waals surface area (Å²) in [5.41, 5.74) is 0. The molecule has 46 heavy (non-hydrogen) atoms. The Labute approximate surface area is 273 Å². The molecule has 11 atom stereocenters. The van der Waals surface area contributed by atoms with E-state index in [0.717, 1.165) is 64.3 Å². The number of aliphatic hydroxyl groups is 7. The minimum atomic E-state index is -1.71. The third-order valence-electron chi connectivity index (χ3n) is 8.58. The number of hydrogen-bond acceptors (Lipinski definition) is 12. The van der Waals surface area contributed by atoms with Crippen molar-refractivity contribution in [3.8, 4) is 0 Å². The number of ether oxygens (including phenoxy) is 4. The monoisotopic (exact) mass is 663 g/mol. The van der Waals surface area contributed by atoms with Crippen molar-refractivity contribution in [1.29, 1.82) is 0 Å². The summed E-state index contributed by atoms with van der Waals surface area (Å²) < 4.78 is 22.8. The summed E-state index contributed by atoms with van der Waals surface area (Å²) in [6.07, 6.45) is 3.65. The smallest absolute Gasteiger partial charge is 0.219 e. The number of hydrogen-bond donors (Lipinski definition) is 8. The van der Waals surface area contributed by atoms with E-state index in [0.29, 0.717) is 12.8 Å². The number of nitrogens with one attached hydrogen (secondary N) is 1. The molecule has 2 heterocycles. The maximum Gasteiger partial charge on any atom is 0.219 e. The van der Waals surface area contributed by atoms with E-state index >= 15 is 0 Å². The van der Waals surface area contributed by atoms with Crippen molar-refractivity contribution < 1.29 is 59.5 Å². The van der Waals surface area contributed by atoms with E-state index in [1.807, 2.05) is 6.92 Å². The van der Waals surface area contributed by atoms with Crippen LogP contribution in [-0.2, 0) is 23.7 Å². The quantitative estimate of drug-likeness (QED) is 0.0573. The fraction of sp³-hybridized carbons (Fsp3) is 0.909. The molecule has 13 heteroatoms. The molecule has 270 valence electrons. The van der Waals surface area contributed by atoms with Crippen LogP contribution in [0.2, 0.25) is 0 Å². The molecule has 0 aromatic carbocycles. The van der Waals surface area contributed by atoms with Gasteiger partial charge < -0.3 is 60.0 Å². The summed E-state index contributed by atoms with van der Waals surface area (Å²) >= 11 is 0. The Kier molecular flexibility index (Phi) is 20.6. The van der Waals surface area contributed by atoms with Crippen LogP contribution in [0.3, 0.4) is 0 Å². The van der Waals surface area contributed by atoms with Gasteiger partial charge in [0.2, 0.25) is 5.91 Å². The van der Waals surface area contributed by atoms with Gasteiger partial charge in [0.15, 0.2) is 12.6 Å². The zero-order chi connectivity index (χ0) is 33.9. The number of rotatable bonds is 23. The number of carbonyl (C=O) groups excluding carboxylic acids is 1. The summed E-state index contributed by atoms with van der Waals surface area (Å²) in [5.74, 6) is 0.164. The Morgan fingerprint density at radius 2 is 1.28 bits per heavy atom. The van der Waals surface area contributed by atoms with Gasteiger partial charge in [-0.05, 0) is 51.9 Å². The summed E-state index contributed by atoms with van der Waals surface area (Å²) in [4.78, 5) is 11.6. The van der Waals surface area contributed by atoms with Crippen LogP contribution >= 0.6 is 0 Å². The first-order valence-corrected chi connectivity index (χ1v) is 17.3. The van der Waals surface area contributed by atoms with Gasteiger partial charge in [0.25, 0.3) is 0 Å². The van der Waals surface area contributed by atoms with Crippen molar-refractivity contribution in [1.82, 2.24) is 5.32 Å². The molecule has 0 spiro atoms. The van der Waals surface area contributed by atoms with Gasteiger partial charge in [-0.2, -0.15) is 0 Å². The maximum atomic E-state index is 11.6. The first-order valence-electron chi connectivity index (χ1n) is 17.3. The summed E-state index contributed by atoms with van der Waals surface area (Å²) in [6.45, 7) is 3.43. The van der Waals surface area contributed by atoms with Gasteiger partial charge in [0.05, 0.1) is 19.3 Å². The zero-order valence-electron chi connectivity index (χ0n) is 27.7. The molecule has 2 saturated heterocycles. The van der Waals surface area contributed by atoms with Gasteiger partial charge in [0.1, 0.15) is 48.8 Å². The maximum absolute atomic E-state index is 11.6. The van der Waals surface area contributed by atoms with E-state index in [1.54, 1.807) is 0 Å². The molecule has 0 saturated carbocycles. The van der Waals surface area contributed by atoms with E-state index in [4.69, 9.17) is 18.9 Å². The number of carbonyl (C=O) groups is 1. The van der Waals surface area contributed by atoms with Crippen molar-refractivity contribution in [2.75, 3.05) is 19.8 Å². The molecule has 0 radical (unpaired) electrons. The average molecular weight is 664 g/mol. The van der Waals surface area contributed by atoms with Gasteiger partial charge in [-0.1, -0.05) is 57.6 Å². The van der Waals surface area contributed by atoms with Crippen LogP contribution in [0.15, 0.2) is 12.2 Å². The number of unbranched alkanes of at least 4 members (excludes halogenated alkanes) is 9. The molecular formula is C33H61NO12. The van der Waals surface area contributed by atoms with Gasteiger partial charge >= 0.3 is 0 Å². The largest absolute Gasteiger partial charge is 0.394 e. The van der Waals surface area contributed by atoms with Gasteiger partial charge in [0, 0.05) is 13.0 Å². The molecule has 1 amide bonds. The third kappa shape index (κ3) is 14.1. The minimum Gasteiger partial charge on any atom is -0.394 e. The first-order chi connectivity index (χ1) is 22.1. The second kappa shape index (κ2) is 23.2. The standard InChI is InChI=1S/C33H61NO12/c1-3-19-34-25(37)18-16-14-12-10-8-6-4-5-7-9-11-13-15-17-22(2)43-33-31(29(41)27(39)24(21-36)45-33)46-32-30(42)28(40)26(38)23(20-35)44-32/h4-5,22-24,26-33,35-36,38-42H,3,6-21H2,1-2H3,(H,34,37)/b5-4-. The predicted octanol–water partition coefficient (Wildman–Crippen LogP) is 1.17. The Bertz CT molecular complexity index is 832. The van der Waals surface area contributed by atoms with Crippen LogP contribution in [0.1, 0.15) is 104 Å². The fourth-order valence-electron chi connectivity index (χ4n) is 5.66. The highest BCUT2D eigenvalue weighted by Crippen LogP contribution is 2.30. The topological polar surface area (TPSA) is 208 Å². The molecule has 0 bridgehead atoms. The second-order valence-corrected chi connectivity index (χ2v) is 12.6. The van der Waals surface area contributed by atoms with Crippen LogP contribution in [-0.4, -0.2) is 129 Å². The summed E-state index contributed by atoms with van der Waals surface area (Å²) in [6, 6.07) is 0. The molecule has 11 unspecified atom stereocenters. The van der Waals surface area contributed by atoms with Crippen molar-refractivity contribution in [2.45, 2.75) is 171 Å². The second-order valence-electron chi connectivity index (χ2n) is 12.6. The lowest BCUT2D eigenvalue weighted by atomic mass is 9.97. The molecule has 2 aliphatic rings. The highest BCUT2D eigenvalue weighted by Gasteiger charge is 2.51. The molecule has 0 aromatic rings. The third-order valence-corrected chi connectivity index (χ3v) is 8.58. The zero-order valence-corrected chi connectivity index (χ0v) is 27.7. The number of aliphatic hydroxyl groups excluding tert-OH is 7. The first kappa shape index (κ1) is 40.9. The lowest BCUT2D eigenvalue weighted by Crippen LogP contribution is -2.64. The lowest BCUT2D eigenvalue weighted by molar-refractivity contribution is -0.371. The summed E-state index contributed by atoms with van der Waals surface area (Å²) in [5, 5.41) is 73.7. The van der Waals surface area contributed by atoms with Crippen LogP contribution in [0.4, 0.5) is 0 Å². The fourth-order valence-corrected chi connectivity index (χ4v) is 5.66. The van der Waals surface area contributed by atoms with Crippen molar-refractivity contribution >= 4 is 5.91 Å². The number of amides is 1. The van der Waals surface area contributed by atoms with Crippen LogP contribution in [0.5, 0.6) is 0 Å².